The van der Waals surface area contributed by atoms with Gasteiger partial charge in [0, 0.05) is 14.2 Å². The van der Waals surface area contributed by atoms with Crippen LogP contribution in [0.5, 0.6) is 0 Å². The van der Waals surface area contributed by atoms with Crippen molar-refractivity contribution in [1.82, 2.24) is 0 Å². The van der Waals surface area contributed by atoms with Crippen molar-refractivity contribution in [3.8, 4) is 0 Å². The van der Waals surface area contributed by atoms with Gasteiger partial charge >= 0.3 is 7.60 Å². The summed E-state index contributed by atoms with van der Waals surface area (Å²) in [6.07, 6.45) is 2.62. The van der Waals surface area contributed by atoms with Crippen molar-refractivity contribution in [2.24, 2.45) is 0 Å². The average molecular weight is 384 g/mol. The van der Waals surface area contributed by atoms with Crippen molar-refractivity contribution in [2.45, 2.75) is 58.3 Å². The summed E-state index contributed by atoms with van der Waals surface area (Å²) >= 11 is 0. The maximum absolute atomic E-state index is 14.2. The number of hydrogen-bond acceptors (Lipinski definition) is 4. The Morgan fingerprint density at radius 3 is 1.77 bits per heavy atom. The summed E-state index contributed by atoms with van der Waals surface area (Å²) in [4.78, 5) is 12.1. The fourth-order valence-electron chi connectivity index (χ4n) is 2.29. The van der Waals surface area contributed by atoms with E-state index in [1.54, 1.807) is 0 Å². The minimum Gasteiger partial charge on any atom is -0.310 e. The maximum Gasteiger partial charge on any atom is 0.372 e. The molecule has 0 aliphatic heterocycles. The molecule has 1 unspecified atom stereocenters. The lowest BCUT2D eigenvalue weighted by atomic mass is 9.79. The highest BCUT2D eigenvalue weighted by Gasteiger charge is 2.38. The zero-order chi connectivity index (χ0) is 20.3. The molecule has 6 heteroatoms. The standard InChI is InChI=1S/C20H30FO4P/c1-19(2,3)15-11-14(12-16(13-15)20(4,5)6)9-10-17(22)18(21)26(23,24-7)25-8/h9-13,18H,1-8H3/b10-9+. The second-order valence-corrected chi connectivity index (χ2v) is 10.6. The predicted octanol–water partition coefficient (Wildman–Crippen LogP) is 5.65. The quantitative estimate of drug-likeness (QED) is 0.470. The van der Waals surface area contributed by atoms with Crippen LogP contribution in [0.2, 0.25) is 0 Å². The second-order valence-electron chi connectivity index (χ2n) is 8.32. The largest absolute Gasteiger partial charge is 0.372 e. The van der Waals surface area contributed by atoms with E-state index in [1.165, 1.54) is 6.08 Å². The Balaban J connectivity index is 3.25. The van der Waals surface area contributed by atoms with Crippen LogP contribution in [0.15, 0.2) is 24.3 Å². The number of ketones is 1. The first kappa shape index (κ1) is 22.8. The van der Waals surface area contributed by atoms with Gasteiger partial charge in [-0.3, -0.25) is 9.36 Å². The van der Waals surface area contributed by atoms with Crippen LogP contribution >= 0.6 is 7.60 Å². The molecular weight excluding hydrogens is 354 g/mol. The van der Waals surface area contributed by atoms with Gasteiger partial charge in [0.15, 0.2) is 0 Å². The van der Waals surface area contributed by atoms with E-state index < -0.39 is 19.3 Å². The van der Waals surface area contributed by atoms with Gasteiger partial charge in [-0.1, -0.05) is 65.8 Å². The van der Waals surface area contributed by atoms with Gasteiger partial charge in [-0.05, 0) is 33.6 Å². The zero-order valence-electron chi connectivity index (χ0n) is 16.9. The molecular formula is C20H30FO4P. The van der Waals surface area contributed by atoms with Crippen LogP contribution in [-0.2, 0) is 29.2 Å². The summed E-state index contributed by atoms with van der Waals surface area (Å²) in [5.41, 5.74) is 2.88. The van der Waals surface area contributed by atoms with Gasteiger partial charge in [0.25, 0.3) is 5.91 Å². The van der Waals surface area contributed by atoms with Gasteiger partial charge in [-0.25, -0.2) is 4.39 Å². The van der Waals surface area contributed by atoms with Crippen LogP contribution in [0.4, 0.5) is 4.39 Å². The van der Waals surface area contributed by atoms with E-state index in [1.807, 2.05) is 12.1 Å². The summed E-state index contributed by atoms with van der Waals surface area (Å²) in [6.45, 7) is 12.7. The van der Waals surface area contributed by atoms with Crippen molar-refractivity contribution in [1.29, 1.82) is 0 Å². The Morgan fingerprint density at radius 2 is 1.42 bits per heavy atom. The molecule has 1 atom stereocenters. The van der Waals surface area contributed by atoms with E-state index in [4.69, 9.17) is 0 Å². The highest BCUT2D eigenvalue weighted by Crippen LogP contribution is 2.52. The maximum atomic E-state index is 14.2. The lowest BCUT2D eigenvalue weighted by Crippen LogP contribution is -2.17. The summed E-state index contributed by atoms with van der Waals surface area (Å²) in [7, 11) is -1.99. The van der Waals surface area contributed by atoms with E-state index in [0.717, 1.165) is 37.0 Å². The smallest absolute Gasteiger partial charge is 0.310 e. The lowest BCUT2D eigenvalue weighted by Gasteiger charge is -2.25. The number of rotatable bonds is 6. The minimum atomic E-state index is -4.09. The fourth-order valence-corrected chi connectivity index (χ4v) is 3.20. The predicted molar refractivity (Wildman–Crippen MR) is 104 cm³/mol. The van der Waals surface area contributed by atoms with E-state index in [9.17, 15) is 13.8 Å². The molecule has 0 saturated carbocycles. The van der Waals surface area contributed by atoms with Crippen LogP contribution in [0.25, 0.3) is 6.08 Å². The Hall–Kier alpha value is -1.29. The molecule has 0 radical (unpaired) electrons. The molecule has 4 nitrogen and oxygen atoms in total. The van der Waals surface area contributed by atoms with Crippen LogP contribution in [0, 0.1) is 0 Å². The number of hydrogen-bond donors (Lipinski definition) is 0. The van der Waals surface area contributed by atoms with E-state index in [0.29, 0.717) is 0 Å². The Morgan fingerprint density at radius 1 is 1.00 bits per heavy atom. The summed E-state index contributed by atoms with van der Waals surface area (Å²) in [5.74, 6) is -3.29. The number of allylic oxidation sites excluding steroid dienone is 1. The molecule has 0 heterocycles. The Bertz CT molecular complexity index is 686. The van der Waals surface area contributed by atoms with E-state index >= 15 is 0 Å². The van der Waals surface area contributed by atoms with Gasteiger partial charge in [-0.2, -0.15) is 0 Å². The normalized spacial score (nSPS) is 14.7. The van der Waals surface area contributed by atoms with Crippen molar-refractivity contribution in [2.75, 3.05) is 14.2 Å². The molecule has 0 aliphatic carbocycles. The monoisotopic (exact) mass is 384 g/mol. The van der Waals surface area contributed by atoms with Gasteiger partial charge in [0.05, 0.1) is 0 Å². The summed E-state index contributed by atoms with van der Waals surface area (Å²) in [6, 6.07) is 6.10. The first-order chi connectivity index (χ1) is 11.7. The molecule has 1 rings (SSSR count). The second kappa shape index (κ2) is 8.16. The van der Waals surface area contributed by atoms with Crippen molar-refractivity contribution >= 4 is 19.5 Å². The molecule has 0 N–H and O–H groups in total. The fraction of sp³-hybridized carbons (Fsp3) is 0.550. The van der Waals surface area contributed by atoms with Gasteiger partial charge in [0.2, 0.25) is 5.78 Å². The number of carbonyl (C=O) groups is 1. The molecule has 0 fully saturated rings. The summed E-state index contributed by atoms with van der Waals surface area (Å²) < 4.78 is 35.3. The first-order valence-electron chi connectivity index (χ1n) is 8.48. The van der Waals surface area contributed by atoms with Crippen LogP contribution in [0.1, 0.15) is 58.2 Å². The van der Waals surface area contributed by atoms with Crippen LogP contribution in [-0.4, -0.2) is 25.9 Å². The molecule has 1 aromatic carbocycles. The lowest BCUT2D eigenvalue weighted by molar-refractivity contribution is -0.117. The first-order valence-corrected chi connectivity index (χ1v) is 10.1. The number of alkyl halides is 1. The van der Waals surface area contributed by atoms with Crippen LogP contribution in [0.3, 0.4) is 0 Å². The van der Waals surface area contributed by atoms with Crippen molar-refractivity contribution in [3.05, 3.63) is 41.0 Å². The third-order valence-electron chi connectivity index (χ3n) is 4.15. The molecule has 0 spiro atoms. The van der Waals surface area contributed by atoms with E-state index in [-0.39, 0.29) is 10.8 Å². The highest BCUT2D eigenvalue weighted by atomic mass is 31.2. The third-order valence-corrected chi connectivity index (χ3v) is 5.98. The summed E-state index contributed by atoms with van der Waals surface area (Å²) in [5, 5.41) is 0. The number of benzene rings is 1. The molecule has 1 aromatic rings. The Kier molecular flexibility index (Phi) is 7.14. The minimum absolute atomic E-state index is 0.0711. The van der Waals surface area contributed by atoms with Gasteiger partial charge in [0.1, 0.15) is 0 Å². The van der Waals surface area contributed by atoms with Gasteiger partial charge in [-0.15, -0.1) is 0 Å². The molecule has 26 heavy (non-hydrogen) atoms. The third kappa shape index (κ3) is 5.60. The van der Waals surface area contributed by atoms with Crippen molar-refractivity contribution in [3.63, 3.8) is 0 Å². The number of halogens is 1. The van der Waals surface area contributed by atoms with Crippen molar-refractivity contribution < 1.29 is 22.8 Å². The molecule has 0 aliphatic rings. The molecule has 0 aromatic heterocycles. The average Bonchev–Trinajstić information content (AvgIpc) is 2.56. The zero-order valence-corrected chi connectivity index (χ0v) is 17.8. The van der Waals surface area contributed by atoms with Crippen LogP contribution < -0.4 is 0 Å². The molecule has 0 saturated heterocycles. The Labute approximate surface area is 156 Å². The SMILES string of the molecule is COP(=O)(OC)C(F)C(=O)/C=C/c1cc(C(C)(C)C)cc(C(C)(C)C)c1. The molecule has 146 valence electrons. The molecule has 0 amide bonds. The molecule has 0 bridgehead atoms. The topological polar surface area (TPSA) is 52.6 Å². The van der Waals surface area contributed by atoms with E-state index in [2.05, 4.69) is 56.7 Å². The van der Waals surface area contributed by atoms with Gasteiger partial charge < -0.3 is 9.05 Å². The highest BCUT2D eigenvalue weighted by molar-refractivity contribution is 7.55. The number of carbonyl (C=O) groups excluding carboxylic acids is 1.